The Morgan fingerprint density at radius 2 is 2.28 bits per heavy atom. The molecule has 0 saturated carbocycles. The number of carbonyl (C=O) groups is 2. The molecule has 0 radical (unpaired) electrons. The molecule has 8 nitrogen and oxygen atoms in total. The molecule has 0 bridgehead atoms. The monoisotopic (exact) mass is 344 g/mol. The summed E-state index contributed by atoms with van der Waals surface area (Å²) >= 11 is 0. The summed E-state index contributed by atoms with van der Waals surface area (Å²) in [7, 11) is 0. The Morgan fingerprint density at radius 1 is 1.44 bits per heavy atom. The molecule has 1 unspecified atom stereocenters. The predicted molar refractivity (Wildman–Crippen MR) is 91.9 cm³/mol. The van der Waals surface area contributed by atoms with Crippen LogP contribution in [-0.2, 0) is 17.8 Å². The van der Waals surface area contributed by atoms with Crippen molar-refractivity contribution >= 4 is 11.8 Å². The number of nitrogens with one attached hydrogen (secondary N) is 1. The molecule has 1 saturated heterocycles. The number of aromatic amines is 1. The van der Waals surface area contributed by atoms with E-state index in [4.69, 9.17) is 5.73 Å². The average Bonchev–Trinajstić information content (AvgIpc) is 3.24. The smallest absolute Gasteiger partial charge is 0.274 e. The number of H-pyrrole nitrogens is 1. The van der Waals surface area contributed by atoms with E-state index in [1.165, 1.54) is 0 Å². The highest BCUT2D eigenvalue weighted by Gasteiger charge is 2.29. The van der Waals surface area contributed by atoms with E-state index in [9.17, 15) is 9.59 Å². The normalized spacial score (nSPS) is 17.6. The molecule has 1 aliphatic rings. The molecule has 1 aliphatic heterocycles. The van der Waals surface area contributed by atoms with Gasteiger partial charge in [-0.3, -0.25) is 14.7 Å². The summed E-state index contributed by atoms with van der Waals surface area (Å²) in [5.41, 5.74) is 6.74. The molecule has 8 heteroatoms. The first-order chi connectivity index (χ1) is 12.1. The number of piperidine rings is 1. The van der Waals surface area contributed by atoms with Crippen LogP contribution in [0.1, 0.15) is 54.1 Å². The van der Waals surface area contributed by atoms with E-state index in [1.54, 1.807) is 17.0 Å². The predicted octanol–water partition coefficient (Wildman–Crippen LogP) is 1.06. The SMILES string of the molecule is CCCc1cc(C(=O)N2CCCC(c3nccn3CC(N)=O)C2)n[nH]1. The van der Waals surface area contributed by atoms with Crippen LogP contribution >= 0.6 is 0 Å². The quantitative estimate of drug-likeness (QED) is 0.816. The first-order valence-electron chi connectivity index (χ1n) is 8.71. The van der Waals surface area contributed by atoms with Crippen LogP contribution in [0.15, 0.2) is 18.5 Å². The zero-order chi connectivity index (χ0) is 17.8. The Kier molecular flexibility index (Phi) is 5.16. The maximum atomic E-state index is 12.7. The molecule has 1 fully saturated rings. The lowest BCUT2D eigenvalue weighted by atomic mass is 9.96. The summed E-state index contributed by atoms with van der Waals surface area (Å²) in [5, 5.41) is 7.09. The number of hydrogen-bond acceptors (Lipinski definition) is 4. The number of aryl methyl sites for hydroxylation is 1. The maximum absolute atomic E-state index is 12.7. The third-order valence-corrected chi connectivity index (χ3v) is 4.52. The van der Waals surface area contributed by atoms with Gasteiger partial charge in [0.25, 0.3) is 5.91 Å². The number of imidazole rings is 1. The first kappa shape index (κ1) is 17.2. The lowest BCUT2D eigenvalue weighted by molar-refractivity contribution is -0.118. The van der Waals surface area contributed by atoms with Crippen LogP contribution in [0.3, 0.4) is 0 Å². The molecule has 0 spiro atoms. The molecule has 2 aromatic rings. The Morgan fingerprint density at radius 3 is 3.04 bits per heavy atom. The van der Waals surface area contributed by atoms with Gasteiger partial charge in [0.15, 0.2) is 0 Å². The average molecular weight is 344 g/mol. The minimum Gasteiger partial charge on any atom is -0.368 e. The summed E-state index contributed by atoms with van der Waals surface area (Å²) in [6, 6.07) is 1.84. The largest absolute Gasteiger partial charge is 0.368 e. The number of likely N-dealkylation sites (tertiary alicyclic amines) is 1. The summed E-state index contributed by atoms with van der Waals surface area (Å²) in [6.07, 6.45) is 7.14. The van der Waals surface area contributed by atoms with Gasteiger partial charge in [-0.15, -0.1) is 0 Å². The molecule has 3 heterocycles. The number of rotatable bonds is 6. The van der Waals surface area contributed by atoms with Crippen molar-refractivity contribution in [3.63, 3.8) is 0 Å². The third-order valence-electron chi connectivity index (χ3n) is 4.52. The van der Waals surface area contributed by atoms with E-state index in [2.05, 4.69) is 22.1 Å². The Bertz CT molecular complexity index is 750. The van der Waals surface area contributed by atoms with Crippen molar-refractivity contribution in [3.8, 4) is 0 Å². The maximum Gasteiger partial charge on any atom is 0.274 e. The van der Waals surface area contributed by atoms with Gasteiger partial charge < -0.3 is 15.2 Å². The summed E-state index contributed by atoms with van der Waals surface area (Å²) in [5.74, 6) is 0.449. The van der Waals surface area contributed by atoms with Gasteiger partial charge in [-0.25, -0.2) is 4.98 Å². The summed E-state index contributed by atoms with van der Waals surface area (Å²) in [4.78, 5) is 30.2. The first-order valence-corrected chi connectivity index (χ1v) is 8.71. The highest BCUT2D eigenvalue weighted by Crippen LogP contribution is 2.26. The second-order valence-corrected chi connectivity index (χ2v) is 6.50. The second-order valence-electron chi connectivity index (χ2n) is 6.50. The van der Waals surface area contributed by atoms with Gasteiger partial charge >= 0.3 is 0 Å². The second kappa shape index (κ2) is 7.50. The van der Waals surface area contributed by atoms with Gasteiger partial charge in [0.2, 0.25) is 5.91 Å². The highest BCUT2D eigenvalue weighted by molar-refractivity contribution is 5.92. The number of amides is 2. The van der Waals surface area contributed by atoms with Crippen molar-refractivity contribution < 1.29 is 9.59 Å². The molecule has 0 aliphatic carbocycles. The van der Waals surface area contributed by atoms with E-state index in [1.807, 2.05) is 11.0 Å². The van der Waals surface area contributed by atoms with Crippen molar-refractivity contribution in [1.82, 2.24) is 24.6 Å². The topological polar surface area (TPSA) is 110 Å². The van der Waals surface area contributed by atoms with Crippen LogP contribution in [0.2, 0.25) is 0 Å². The standard InChI is InChI=1S/C17H24N6O2/c1-2-4-13-9-14(21-20-13)17(25)23-7-3-5-12(10-23)16-19-6-8-22(16)11-15(18)24/h6,8-9,12H,2-5,7,10-11H2,1H3,(H2,18,24)(H,20,21). The van der Waals surface area contributed by atoms with Gasteiger partial charge in [-0.2, -0.15) is 5.10 Å². The van der Waals surface area contributed by atoms with Crippen molar-refractivity contribution in [2.24, 2.45) is 5.73 Å². The fraction of sp³-hybridized carbons (Fsp3) is 0.529. The van der Waals surface area contributed by atoms with Gasteiger partial charge in [0.05, 0.1) is 0 Å². The van der Waals surface area contributed by atoms with Crippen molar-refractivity contribution in [1.29, 1.82) is 0 Å². The minimum absolute atomic E-state index is 0.0590. The fourth-order valence-corrected chi connectivity index (χ4v) is 3.39. The molecule has 2 amide bonds. The Labute approximate surface area is 146 Å². The minimum atomic E-state index is -0.400. The van der Waals surface area contributed by atoms with Gasteiger partial charge in [-0.05, 0) is 25.3 Å². The lowest BCUT2D eigenvalue weighted by Gasteiger charge is -2.32. The highest BCUT2D eigenvalue weighted by atomic mass is 16.2. The van der Waals surface area contributed by atoms with Gasteiger partial charge in [-0.1, -0.05) is 13.3 Å². The zero-order valence-electron chi connectivity index (χ0n) is 14.4. The van der Waals surface area contributed by atoms with Crippen molar-refractivity contribution in [2.75, 3.05) is 13.1 Å². The van der Waals surface area contributed by atoms with Crippen LogP contribution < -0.4 is 5.73 Å². The molecule has 3 N–H and O–H groups in total. The number of hydrogen-bond donors (Lipinski definition) is 2. The number of primary amides is 1. The van der Waals surface area contributed by atoms with Crippen molar-refractivity contribution in [2.45, 2.75) is 45.1 Å². The van der Waals surface area contributed by atoms with Crippen LogP contribution in [0.4, 0.5) is 0 Å². The zero-order valence-corrected chi connectivity index (χ0v) is 14.4. The van der Waals surface area contributed by atoms with Crippen molar-refractivity contribution in [3.05, 3.63) is 35.7 Å². The van der Waals surface area contributed by atoms with Crippen LogP contribution in [0.25, 0.3) is 0 Å². The van der Waals surface area contributed by atoms with E-state index >= 15 is 0 Å². The molecule has 134 valence electrons. The van der Waals surface area contributed by atoms with E-state index < -0.39 is 5.91 Å². The van der Waals surface area contributed by atoms with Gasteiger partial charge in [0.1, 0.15) is 18.1 Å². The molecule has 2 aromatic heterocycles. The van der Waals surface area contributed by atoms with Crippen LogP contribution in [-0.4, -0.2) is 49.6 Å². The van der Waals surface area contributed by atoms with E-state index in [0.717, 1.165) is 37.2 Å². The number of nitrogens with zero attached hydrogens (tertiary/aromatic N) is 4. The lowest BCUT2D eigenvalue weighted by Crippen LogP contribution is -2.40. The molecular weight excluding hydrogens is 320 g/mol. The van der Waals surface area contributed by atoms with Crippen LogP contribution in [0, 0.1) is 0 Å². The Hall–Kier alpha value is -2.64. The molecule has 3 rings (SSSR count). The Balaban J connectivity index is 1.71. The number of nitrogens with two attached hydrogens (primary N) is 1. The van der Waals surface area contributed by atoms with E-state index in [-0.39, 0.29) is 18.4 Å². The summed E-state index contributed by atoms with van der Waals surface area (Å²) in [6.45, 7) is 3.48. The molecular formula is C17H24N6O2. The van der Waals surface area contributed by atoms with Crippen LogP contribution in [0.5, 0.6) is 0 Å². The fourth-order valence-electron chi connectivity index (χ4n) is 3.39. The molecule has 0 aromatic carbocycles. The number of aromatic nitrogens is 4. The molecule has 1 atom stereocenters. The number of carbonyl (C=O) groups excluding carboxylic acids is 2. The third kappa shape index (κ3) is 3.89. The molecule has 25 heavy (non-hydrogen) atoms. The van der Waals surface area contributed by atoms with E-state index in [0.29, 0.717) is 18.8 Å². The van der Waals surface area contributed by atoms with Gasteiger partial charge in [0, 0.05) is 37.1 Å². The summed E-state index contributed by atoms with van der Waals surface area (Å²) < 4.78 is 1.77.